The maximum atomic E-state index is 8.96. The number of aliphatic hydroxyl groups is 1. The standard InChI is InChI=1S/C13H12ClNO2/c1-9-2-4-11(7-15-9)17-13-5-3-10(8-16)6-12(13)14/h2-7,16H,8H2,1H3. The summed E-state index contributed by atoms with van der Waals surface area (Å²) in [5.41, 5.74) is 1.68. The molecule has 3 nitrogen and oxygen atoms in total. The minimum atomic E-state index is -0.0356. The van der Waals surface area contributed by atoms with Crippen molar-refractivity contribution >= 4 is 11.6 Å². The van der Waals surface area contributed by atoms with Crippen LogP contribution < -0.4 is 4.74 Å². The molecule has 1 aromatic carbocycles. The van der Waals surface area contributed by atoms with Gasteiger partial charge in [0, 0.05) is 5.69 Å². The Kier molecular flexibility index (Phi) is 3.61. The van der Waals surface area contributed by atoms with E-state index in [4.69, 9.17) is 21.4 Å². The number of nitrogens with zero attached hydrogens (tertiary/aromatic N) is 1. The molecule has 0 aliphatic heterocycles. The van der Waals surface area contributed by atoms with Crippen molar-refractivity contribution in [3.63, 3.8) is 0 Å². The molecule has 0 amide bonds. The highest BCUT2D eigenvalue weighted by Crippen LogP contribution is 2.29. The van der Waals surface area contributed by atoms with Crippen molar-refractivity contribution in [2.24, 2.45) is 0 Å². The highest BCUT2D eigenvalue weighted by molar-refractivity contribution is 6.32. The molecule has 88 valence electrons. The van der Waals surface area contributed by atoms with Crippen LogP contribution in [0.5, 0.6) is 11.5 Å². The Balaban J connectivity index is 2.21. The number of aliphatic hydroxyl groups excluding tert-OH is 1. The second-order valence-corrected chi connectivity index (χ2v) is 4.07. The van der Waals surface area contributed by atoms with E-state index < -0.39 is 0 Å². The van der Waals surface area contributed by atoms with Gasteiger partial charge in [-0.05, 0) is 36.8 Å². The van der Waals surface area contributed by atoms with Gasteiger partial charge in [-0.25, -0.2) is 0 Å². The first kappa shape index (κ1) is 11.9. The summed E-state index contributed by atoms with van der Waals surface area (Å²) >= 11 is 6.03. The molecule has 0 fully saturated rings. The van der Waals surface area contributed by atoms with E-state index in [1.807, 2.05) is 19.1 Å². The van der Waals surface area contributed by atoms with Crippen LogP contribution in [0.15, 0.2) is 36.5 Å². The van der Waals surface area contributed by atoms with Crippen molar-refractivity contribution in [1.82, 2.24) is 4.98 Å². The van der Waals surface area contributed by atoms with Crippen LogP contribution in [0.25, 0.3) is 0 Å². The lowest BCUT2D eigenvalue weighted by molar-refractivity contribution is 0.281. The van der Waals surface area contributed by atoms with E-state index in [2.05, 4.69) is 4.98 Å². The third-order valence-electron chi connectivity index (χ3n) is 2.29. The Hall–Kier alpha value is -1.58. The molecule has 4 heteroatoms. The molecule has 0 saturated carbocycles. The van der Waals surface area contributed by atoms with Gasteiger partial charge in [0.05, 0.1) is 17.8 Å². The second-order valence-electron chi connectivity index (χ2n) is 3.66. The number of benzene rings is 1. The molecule has 0 aliphatic rings. The van der Waals surface area contributed by atoms with Crippen LogP contribution in [0.1, 0.15) is 11.3 Å². The number of hydrogen-bond acceptors (Lipinski definition) is 3. The summed E-state index contributed by atoms with van der Waals surface area (Å²) in [5, 5.41) is 9.43. The fourth-order valence-electron chi connectivity index (χ4n) is 1.37. The van der Waals surface area contributed by atoms with Crippen LogP contribution in [-0.2, 0) is 6.61 Å². The van der Waals surface area contributed by atoms with E-state index in [0.717, 1.165) is 11.3 Å². The van der Waals surface area contributed by atoms with E-state index >= 15 is 0 Å². The van der Waals surface area contributed by atoms with Crippen LogP contribution >= 0.6 is 11.6 Å². The van der Waals surface area contributed by atoms with Crippen molar-refractivity contribution in [3.8, 4) is 11.5 Å². The van der Waals surface area contributed by atoms with Gasteiger partial charge in [-0.15, -0.1) is 0 Å². The fourth-order valence-corrected chi connectivity index (χ4v) is 1.61. The van der Waals surface area contributed by atoms with Crippen LogP contribution in [0, 0.1) is 6.92 Å². The van der Waals surface area contributed by atoms with Crippen molar-refractivity contribution in [2.45, 2.75) is 13.5 Å². The first-order valence-corrected chi connectivity index (χ1v) is 5.56. The monoisotopic (exact) mass is 249 g/mol. The maximum Gasteiger partial charge on any atom is 0.146 e. The summed E-state index contributed by atoms with van der Waals surface area (Å²) in [4.78, 5) is 4.13. The molecule has 0 atom stereocenters. The summed E-state index contributed by atoms with van der Waals surface area (Å²) in [6, 6.07) is 8.87. The summed E-state index contributed by atoms with van der Waals surface area (Å²) < 4.78 is 5.59. The van der Waals surface area contributed by atoms with Crippen LogP contribution in [0.3, 0.4) is 0 Å². The van der Waals surface area contributed by atoms with E-state index in [-0.39, 0.29) is 6.61 Å². The summed E-state index contributed by atoms with van der Waals surface area (Å²) in [6.45, 7) is 1.87. The lowest BCUT2D eigenvalue weighted by atomic mass is 10.2. The smallest absolute Gasteiger partial charge is 0.146 e. The van der Waals surface area contributed by atoms with Gasteiger partial charge in [0.15, 0.2) is 0 Å². The summed E-state index contributed by atoms with van der Waals surface area (Å²) in [7, 11) is 0. The zero-order chi connectivity index (χ0) is 12.3. The normalized spacial score (nSPS) is 10.3. The minimum Gasteiger partial charge on any atom is -0.454 e. The van der Waals surface area contributed by atoms with Crippen LogP contribution in [0.2, 0.25) is 5.02 Å². The van der Waals surface area contributed by atoms with Gasteiger partial charge in [-0.3, -0.25) is 4.98 Å². The predicted molar refractivity (Wildman–Crippen MR) is 66.4 cm³/mol. The molecule has 1 N–H and O–H groups in total. The number of pyridine rings is 1. The lowest BCUT2D eigenvalue weighted by Gasteiger charge is -2.08. The highest BCUT2D eigenvalue weighted by Gasteiger charge is 2.04. The number of aryl methyl sites for hydroxylation is 1. The Morgan fingerprint density at radius 3 is 2.71 bits per heavy atom. The molecule has 0 bridgehead atoms. The van der Waals surface area contributed by atoms with Crippen LogP contribution in [0.4, 0.5) is 0 Å². The summed E-state index contributed by atoms with van der Waals surface area (Å²) in [6.07, 6.45) is 1.64. The number of aromatic nitrogens is 1. The minimum absolute atomic E-state index is 0.0356. The average Bonchev–Trinajstić information content (AvgIpc) is 2.34. The average molecular weight is 250 g/mol. The largest absolute Gasteiger partial charge is 0.454 e. The first-order valence-electron chi connectivity index (χ1n) is 5.19. The van der Waals surface area contributed by atoms with Gasteiger partial charge in [0.2, 0.25) is 0 Å². The van der Waals surface area contributed by atoms with Crippen molar-refractivity contribution in [3.05, 3.63) is 52.8 Å². The Labute approximate surface area is 105 Å². The van der Waals surface area contributed by atoms with E-state index in [0.29, 0.717) is 16.5 Å². The van der Waals surface area contributed by atoms with Gasteiger partial charge in [0.1, 0.15) is 11.5 Å². The topological polar surface area (TPSA) is 42.4 Å². The van der Waals surface area contributed by atoms with E-state index in [1.54, 1.807) is 24.4 Å². The SMILES string of the molecule is Cc1ccc(Oc2ccc(CO)cc2Cl)cn1. The third-order valence-corrected chi connectivity index (χ3v) is 2.59. The number of halogens is 1. The van der Waals surface area contributed by atoms with E-state index in [1.165, 1.54) is 0 Å². The quantitative estimate of drug-likeness (QED) is 0.907. The van der Waals surface area contributed by atoms with Gasteiger partial charge < -0.3 is 9.84 Å². The van der Waals surface area contributed by atoms with Gasteiger partial charge in [-0.2, -0.15) is 0 Å². The predicted octanol–water partition coefficient (Wildman–Crippen LogP) is 3.33. The molecule has 0 radical (unpaired) electrons. The zero-order valence-corrected chi connectivity index (χ0v) is 10.1. The molecule has 1 heterocycles. The first-order chi connectivity index (χ1) is 8.19. The molecule has 2 rings (SSSR count). The number of rotatable bonds is 3. The highest BCUT2D eigenvalue weighted by atomic mass is 35.5. The van der Waals surface area contributed by atoms with Gasteiger partial charge in [-0.1, -0.05) is 17.7 Å². The van der Waals surface area contributed by atoms with Crippen molar-refractivity contribution in [1.29, 1.82) is 0 Å². The van der Waals surface area contributed by atoms with Crippen molar-refractivity contribution in [2.75, 3.05) is 0 Å². The summed E-state index contributed by atoms with van der Waals surface area (Å²) in [5.74, 6) is 1.18. The molecule has 2 aromatic rings. The second kappa shape index (κ2) is 5.17. The molecule has 0 aliphatic carbocycles. The molecular weight excluding hydrogens is 238 g/mol. The number of hydrogen-bond donors (Lipinski definition) is 1. The Morgan fingerprint density at radius 1 is 1.29 bits per heavy atom. The van der Waals surface area contributed by atoms with Crippen molar-refractivity contribution < 1.29 is 9.84 Å². The Bertz CT molecular complexity index is 511. The third kappa shape index (κ3) is 2.96. The molecular formula is C13H12ClNO2. The molecule has 0 saturated heterocycles. The molecule has 17 heavy (non-hydrogen) atoms. The van der Waals surface area contributed by atoms with Crippen LogP contribution in [-0.4, -0.2) is 10.1 Å². The maximum absolute atomic E-state index is 8.96. The number of ether oxygens (including phenoxy) is 1. The molecule has 1 aromatic heterocycles. The Morgan fingerprint density at radius 2 is 2.12 bits per heavy atom. The zero-order valence-electron chi connectivity index (χ0n) is 9.35. The molecule has 0 spiro atoms. The van der Waals surface area contributed by atoms with E-state index in [9.17, 15) is 0 Å². The van der Waals surface area contributed by atoms with Gasteiger partial charge >= 0.3 is 0 Å². The lowest BCUT2D eigenvalue weighted by Crippen LogP contribution is -1.89. The fraction of sp³-hybridized carbons (Fsp3) is 0.154. The molecule has 0 unspecified atom stereocenters. The van der Waals surface area contributed by atoms with Gasteiger partial charge in [0.25, 0.3) is 0 Å².